The van der Waals surface area contributed by atoms with Gasteiger partial charge in [0.1, 0.15) is 11.3 Å². The molecule has 1 aliphatic heterocycles. The van der Waals surface area contributed by atoms with Gasteiger partial charge in [-0.15, -0.1) is 11.3 Å². The van der Waals surface area contributed by atoms with E-state index < -0.39 is 11.5 Å². The van der Waals surface area contributed by atoms with Gasteiger partial charge in [0.05, 0.1) is 23.4 Å². The molecule has 1 aromatic heterocycles. The van der Waals surface area contributed by atoms with Crippen molar-refractivity contribution in [1.82, 2.24) is 9.88 Å². The number of thiazole rings is 1. The Labute approximate surface area is 138 Å². The highest BCUT2D eigenvalue weighted by molar-refractivity contribution is 7.09. The van der Waals surface area contributed by atoms with Gasteiger partial charge in [-0.05, 0) is 24.6 Å². The van der Waals surface area contributed by atoms with E-state index in [0.717, 1.165) is 16.2 Å². The molecule has 0 radical (unpaired) electrons. The van der Waals surface area contributed by atoms with Crippen molar-refractivity contribution in [2.45, 2.75) is 18.4 Å². The lowest BCUT2D eigenvalue weighted by Crippen LogP contribution is -2.52. The number of guanidine groups is 1. The molecule has 2 N–H and O–H groups in total. The lowest BCUT2D eigenvalue weighted by atomic mass is 9.78. The number of hydrogen-bond acceptors (Lipinski definition) is 6. The maximum atomic E-state index is 12.9. The summed E-state index contributed by atoms with van der Waals surface area (Å²) in [6.07, 6.45) is 1.75. The van der Waals surface area contributed by atoms with Gasteiger partial charge < -0.3 is 10.5 Å². The molecule has 0 aliphatic carbocycles. The number of carbonyl (C=O) groups excluding carboxylic acids is 1. The summed E-state index contributed by atoms with van der Waals surface area (Å²) in [6, 6.07) is 7.48. The van der Waals surface area contributed by atoms with Gasteiger partial charge in [-0.25, -0.2) is 4.99 Å². The number of hydrogen-bond donors (Lipinski definition) is 1. The fraction of sp³-hybridized carbons (Fsp3) is 0.312. The lowest BCUT2D eigenvalue weighted by Gasteiger charge is -2.39. The normalized spacial score (nSPS) is 24.5. The van der Waals surface area contributed by atoms with Crippen molar-refractivity contribution in [2.75, 3.05) is 14.2 Å². The Morgan fingerprint density at radius 3 is 2.61 bits per heavy atom. The quantitative estimate of drug-likeness (QED) is 0.932. The van der Waals surface area contributed by atoms with Crippen LogP contribution in [0.5, 0.6) is 5.75 Å². The second-order valence-electron chi connectivity index (χ2n) is 5.59. The second kappa shape index (κ2) is 5.66. The number of aliphatic imine (C=N–C) groups is 1. The minimum Gasteiger partial charge on any atom is -0.497 e. The number of nitrogens with two attached hydrogens (primary N) is 1. The molecular weight excluding hydrogens is 312 g/mol. The van der Waals surface area contributed by atoms with Crippen LogP contribution in [0, 0.1) is 0 Å². The number of amides is 1. The Kier molecular flexibility index (Phi) is 3.81. The molecule has 2 aromatic rings. The second-order valence-corrected chi connectivity index (χ2v) is 6.47. The van der Waals surface area contributed by atoms with Crippen molar-refractivity contribution in [3.05, 3.63) is 46.4 Å². The summed E-state index contributed by atoms with van der Waals surface area (Å²) in [4.78, 5) is 24.0. The van der Waals surface area contributed by atoms with Crippen LogP contribution in [0.15, 0.2) is 41.0 Å². The van der Waals surface area contributed by atoms with E-state index in [4.69, 9.17) is 10.5 Å². The molecular formula is C16H18N4O2S. The van der Waals surface area contributed by atoms with E-state index in [2.05, 4.69) is 9.98 Å². The van der Waals surface area contributed by atoms with E-state index in [1.165, 1.54) is 16.2 Å². The molecule has 0 saturated carbocycles. The minimum absolute atomic E-state index is 0.0847. The standard InChI is InChI=1S/C16H18N4O2S/c1-16(12-8-18-9-23-12)13(14(21)20(2)15(17)19-16)10-4-6-11(22-3)7-5-10/h4-9,13H,1-3H3,(H2,17,19)/t13-,16-/m1/s1. The predicted octanol–water partition coefficient (Wildman–Crippen LogP) is 1.94. The van der Waals surface area contributed by atoms with Crippen molar-refractivity contribution in [2.24, 2.45) is 10.7 Å². The number of carbonyl (C=O) groups is 1. The molecule has 6 nitrogen and oxygen atoms in total. The Bertz CT molecular complexity index is 742. The highest BCUT2D eigenvalue weighted by Gasteiger charge is 2.47. The van der Waals surface area contributed by atoms with Crippen LogP contribution in [-0.4, -0.2) is 35.9 Å². The van der Waals surface area contributed by atoms with Crippen LogP contribution < -0.4 is 10.5 Å². The predicted molar refractivity (Wildman–Crippen MR) is 89.6 cm³/mol. The van der Waals surface area contributed by atoms with Gasteiger partial charge in [-0.3, -0.25) is 14.7 Å². The highest BCUT2D eigenvalue weighted by atomic mass is 32.1. The van der Waals surface area contributed by atoms with E-state index >= 15 is 0 Å². The first-order valence-electron chi connectivity index (χ1n) is 7.13. The first-order chi connectivity index (χ1) is 11.0. The Hall–Kier alpha value is -2.41. The van der Waals surface area contributed by atoms with Gasteiger partial charge in [0.25, 0.3) is 0 Å². The van der Waals surface area contributed by atoms with Gasteiger partial charge in [-0.1, -0.05) is 12.1 Å². The van der Waals surface area contributed by atoms with Gasteiger partial charge in [0.2, 0.25) is 5.91 Å². The van der Waals surface area contributed by atoms with Crippen molar-refractivity contribution >= 4 is 23.2 Å². The molecule has 0 spiro atoms. The zero-order valence-corrected chi connectivity index (χ0v) is 14.0. The molecule has 2 atom stereocenters. The highest BCUT2D eigenvalue weighted by Crippen LogP contribution is 2.45. The number of rotatable bonds is 3. The molecule has 120 valence electrons. The van der Waals surface area contributed by atoms with E-state index in [1.54, 1.807) is 25.9 Å². The molecule has 0 fully saturated rings. The number of nitrogens with zero attached hydrogens (tertiary/aromatic N) is 3. The largest absolute Gasteiger partial charge is 0.497 e. The van der Waals surface area contributed by atoms with E-state index in [1.807, 2.05) is 31.2 Å². The van der Waals surface area contributed by atoms with Crippen molar-refractivity contribution in [3.63, 3.8) is 0 Å². The first kappa shape index (κ1) is 15.5. The Morgan fingerprint density at radius 1 is 1.35 bits per heavy atom. The Balaban J connectivity index is 2.15. The third kappa shape index (κ3) is 2.46. The third-order valence-electron chi connectivity index (χ3n) is 4.21. The summed E-state index contributed by atoms with van der Waals surface area (Å²) in [5.74, 6) is 0.410. The summed E-state index contributed by atoms with van der Waals surface area (Å²) < 4.78 is 5.19. The monoisotopic (exact) mass is 330 g/mol. The maximum Gasteiger partial charge on any atom is 0.239 e. The molecule has 1 amide bonds. The summed E-state index contributed by atoms with van der Waals surface area (Å²) in [7, 11) is 3.25. The molecule has 3 rings (SSSR count). The topological polar surface area (TPSA) is 80.8 Å². The van der Waals surface area contributed by atoms with Gasteiger partial charge in [0.15, 0.2) is 5.96 Å². The number of methoxy groups -OCH3 is 1. The summed E-state index contributed by atoms with van der Waals surface area (Å²) in [6.45, 7) is 1.92. The molecule has 23 heavy (non-hydrogen) atoms. The number of benzene rings is 1. The van der Waals surface area contributed by atoms with Crippen LogP contribution in [-0.2, 0) is 10.3 Å². The van der Waals surface area contributed by atoms with Crippen LogP contribution >= 0.6 is 11.3 Å². The number of likely N-dealkylation sites (N-methyl/N-ethyl adjacent to an activating group) is 1. The zero-order chi connectivity index (χ0) is 16.6. The van der Waals surface area contributed by atoms with Gasteiger partial charge in [0, 0.05) is 13.2 Å². The molecule has 0 saturated heterocycles. The van der Waals surface area contributed by atoms with Crippen LogP contribution in [0.2, 0.25) is 0 Å². The van der Waals surface area contributed by atoms with Gasteiger partial charge in [-0.2, -0.15) is 0 Å². The van der Waals surface area contributed by atoms with Crippen molar-refractivity contribution in [3.8, 4) is 5.75 Å². The molecule has 2 heterocycles. The molecule has 0 unspecified atom stereocenters. The average molecular weight is 330 g/mol. The molecule has 0 bridgehead atoms. The van der Waals surface area contributed by atoms with Crippen molar-refractivity contribution in [1.29, 1.82) is 0 Å². The average Bonchev–Trinajstić information content (AvgIpc) is 3.09. The van der Waals surface area contributed by atoms with E-state index in [9.17, 15) is 4.79 Å². The van der Waals surface area contributed by atoms with Crippen LogP contribution in [0.25, 0.3) is 0 Å². The van der Waals surface area contributed by atoms with Gasteiger partial charge >= 0.3 is 0 Å². The Morgan fingerprint density at radius 2 is 2.04 bits per heavy atom. The summed E-state index contributed by atoms with van der Waals surface area (Å²) >= 11 is 1.47. The lowest BCUT2D eigenvalue weighted by molar-refractivity contribution is -0.130. The zero-order valence-electron chi connectivity index (χ0n) is 13.2. The molecule has 1 aromatic carbocycles. The smallest absolute Gasteiger partial charge is 0.239 e. The van der Waals surface area contributed by atoms with Crippen LogP contribution in [0.4, 0.5) is 0 Å². The number of ether oxygens (including phenoxy) is 1. The van der Waals surface area contributed by atoms with Crippen LogP contribution in [0.3, 0.4) is 0 Å². The number of aromatic nitrogens is 1. The fourth-order valence-corrected chi connectivity index (χ4v) is 3.61. The van der Waals surface area contributed by atoms with Crippen molar-refractivity contribution < 1.29 is 9.53 Å². The fourth-order valence-electron chi connectivity index (χ4n) is 2.85. The molecule has 7 heteroatoms. The van der Waals surface area contributed by atoms with E-state index in [0.29, 0.717) is 0 Å². The minimum atomic E-state index is -0.774. The summed E-state index contributed by atoms with van der Waals surface area (Å²) in [5, 5.41) is 0. The van der Waals surface area contributed by atoms with Crippen LogP contribution in [0.1, 0.15) is 23.3 Å². The first-order valence-corrected chi connectivity index (χ1v) is 8.01. The third-order valence-corrected chi connectivity index (χ3v) is 5.21. The summed E-state index contributed by atoms with van der Waals surface area (Å²) in [5.41, 5.74) is 7.79. The molecule has 1 aliphatic rings. The maximum absolute atomic E-state index is 12.9. The van der Waals surface area contributed by atoms with E-state index in [-0.39, 0.29) is 11.9 Å². The SMILES string of the molecule is COc1ccc([C@@H]2C(=O)N(C)C(N)=N[C@]2(C)c2cncs2)cc1.